The molecule has 2 aliphatic rings. The number of benzene rings is 1. The van der Waals surface area contributed by atoms with Gasteiger partial charge in [0.25, 0.3) is 0 Å². The molecule has 0 saturated heterocycles. The van der Waals surface area contributed by atoms with Gasteiger partial charge in [-0.3, -0.25) is 0 Å². The molecule has 1 aromatic carbocycles. The smallest absolute Gasteiger partial charge is 0.132 e. The van der Waals surface area contributed by atoms with Crippen LogP contribution < -0.4 is 4.74 Å². The minimum absolute atomic E-state index is 0.524. The first-order valence-corrected chi connectivity index (χ1v) is 8.53. The summed E-state index contributed by atoms with van der Waals surface area (Å²) in [5, 5.41) is 0. The molecule has 0 spiro atoms. The van der Waals surface area contributed by atoms with Gasteiger partial charge in [-0.1, -0.05) is 30.3 Å². The van der Waals surface area contributed by atoms with Crippen LogP contribution in [0, 0.1) is 5.92 Å². The Kier molecular flexibility index (Phi) is 4.59. The summed E-state index contributed by atoms with van der Waals surface area (Å²) in [4.78, 5) is 2.55. The van der Waals surface area contributed by atoms with Crippen molar-refractivity contribution in [2.75, 3.05) is 13.7 Å². The van der Waals surface area contributed by atoms with E-state index in [0.717, 1.165) is 12.4 Å². The van der Waals surface area contributed by atoms with E-state index in [1.165, 1.54) is 41.2 Å². The molecule has 1 saturated carbocycles. The second kappa shape index (κ2) is 6.61. The van der Waals surface area contributed by atoms with Crippen molar-refractivity contribution in [1.82, 2.24) is 0 Å². The summed E-state index contributed by atoms with van der Waals surface area (Å²) in [6.07, 6.45) is 7.30. The monoisotopic (exact) mass is 302 g/mol. The van der Waals surface area contributed by atoms with Crippen molar-refractivity contribution >= 4 is 11.8 Å². The van der Waals surface area contributed by atoms with Crippen molar-refractivity contribution in [1.29, 1.82) is 0 Å². The lowest BCUT2D eigenvalue weighted by molar-refractivity contribution is 0.194. The van der Waals surface area contributed by atoms with Gasteiger partial charge in [-0.25, -0.2) is 0 Å². The number of hydrogen-bond donors (Lipinski definition) is 0. The minimum Gasteiger partial charge on any atom is -0.498 e. The first-order chi connectivity index (χ1) is 10.3. The zero-order valence-electron chi connectivity index (χ0n) is 12.7. The Morgan fingerprint density at radius 3 is 2.90 bits per heavy atom. The van der Waals surface area contributed by atoms with Crippen molar-refractivity contribution in [2.24, 2.45) is 5.92 Å². The maximum Gasteiger partial charge on any atom is 0.132 e. The van der Waals surface area contributed by atoms with Crippen LogP contribution in [0.4, 0.5) is 0 Å². The van der Waals surface area contributed by atoms with Crippen molar-refractivity contribution in [3.63, 3.8) is 0 Å². The SMILES string of the molecule is CCOC1=CC(Sc2ccccc2OC)=C2CCCCC12. The molecular weight excluding hydrogens is 280 g/mol. The molecule has 2 aliphatic carbocycles. The molecule has 112 valence electrons. The number of rotatable bonds is 5. The van der Waals surface area contributed by atoms with Crippen LogP contribution >= 0.6 is 11.8 Å². The van der Waals surface area contributed by atoms with Gasteiger partial charge in [0.1, 0.15) is 11.5 Å². The largest absolute Gasteiger partial charge is 0.498 e. The Morgan fingerprint density at radius 2 is 2.10 bits per heavy atom. The fraction of sp³-hybridized carbons (Fsp3) is 0.444. The molecule has 0 aliphatic heterocycles. The maximum absolute atomic E-state index is 5.87. The summed E-state index contributed by atoms with van der Waals surface area (Å²) in [7, 11) is 1.73. The van der Waals surface area contributed by atoms with Crippen LogP contribution in [0.3, 0.4) is 0 Å². The van der Waals surface area contributed by atoms with Gasteiger partial charge in [-0.15, -0.1) is 0 Å². The maximum atomic E-state index is 5.87. The molecule has 3 rings (SSSR count). The van der Waals surface area contributed by atoms with Crippen LogP contribution in [-0.2, 0) is 4.74 Å². The molecule has 2 nitrogen and oxygen atoms in total. The fourth-order valence-corrected chi connectivity index (χ4v) is 4.36. The first-order valence-electron chi connectivity index (χ1n) is 7.71. The standard InChI is InChI=1S/C18H22O2S/c1-3-20-16-12-18(14-9-5-4-8-13(14)16)21-17-11-7-6-10-15(17)19-2/h6-7,10-13H,3-5,8-9H2,1-2H3. The number of fused-ring (bicyclic) bond motifs is 1. The van der Waals surface area contributed by atoms with E-state index in [2.05, 4.69) is 25.1 Å². The van der Waals surface area contributed by atoms with Crippen LogP contribution in [0.25, 0.3) is 0 Å². The zero-order valence-corrected chi connectivity index (χ0v) is 13.5. The Hall–Kier alpha value is -1.35. The van der Waals surface area contributed by atoms with E-state index in [4.69, 9.17) is 9.47 Å². The first kappa shape index (κ1) is 14.6. The minimum atomic E-state index is 0.524. The highest BCUT2D eigenvalue weighted by molar-refractivity contribution is 8.03. The molecule has 0 heterocycles. The summed E-state index contributed by atoms with van der Waals surface area (Å²) in [6, 6.07) is 8.23. The molecule has 1 aromatic rings. The molecule has 1 atom stereocenters. The third-order valence-electron chi connectivity index (χ3n) is 4.14. The van der Waals surface area contributed by atoms with E-state index in [0.29, 0.717) is 5.92 Å². The van der Waals surface area contributed by atoms with Gasteiger partial charge < -0.3 is 9.47 Å². The van der Waals surface area contributed by atoms with E-state index >= 15 is 0 Å². The predicted octanol–water partition coefficient (Wildman–Crippen LogP) is 5.17. The average Bonchev–Trinajstić information content (AvgIpc) is 2.87. The highest BCUT2D eigenvalue weighted by Gasteiger charge is 2.31. The summed E-state index contributed by atoms with van der Waals surface area (Å²) in [5.41, 5.74) is 1.57. The zero-order chi connectivity index (χ0) is 14.7. The Bertz CT molecular complexity index is 574. The van der Waals surface area contributed by atoms with E-state index in [9.17, 15) is 0 Å². The van der Waals surface area contributed by atoms with Gasteiger partial charge in [0, 0.05) is 10.8 Å². The van der Waals surface area contributed by atoms with Gasteiger partial charge in [-0.2, -0.15) is 0 Å². The van der Waals surface area contributed by atoms with Gasteiger partial charge in [0.2, 0.25) is 0 Å². The molecule has 21 heavy (non-hydrogen) atoms. The fourth-order valence-electron chi connectivity index (χ4n) is 3.17. The number of para-hydroxylation sites is 1. The van der Waals surface area contributed by atoms with Crippen molar-refractivity contribution in [2.45, 2.75) is 37.5 Å². The lowest BCUT2D eigenvalue weighted by Gasteiger charge is -2.24. The molecule has 1 unspecified atom stereocenters. The highest BCUT2D eigenvalue weighted by atomic mass is 32.2. The van der Waals surface area contributed by atoms with Gasteiger partial charge in [0.05, 0.1) is 18.6 Å². The molecule has 1 fully saturated rings. The van der Waals surface area contributed by atoms with E-state index in [-0.39, 0.29) is 0 Å². The van der Waals surface area contributed by atoms with Crippen LogP contribution in [-0.4, -0.2) is 13.7 Å². The number of thioether (sulfide) groups is 1. The number of ether oxygens (including phenoxy) is 2. The molecule has 0 N–H and O–H groups in total. The molecule has 0 amide bonds. The second-order valence-corrected chi connectivity index (χ2v) is 6.50. The summed E-state index contributed by atoms with van der Waals surface area (Å²) >= 11 is 1.82. The molecular formula is C18H22O2S. The highest BCUT2D eigenvalue weighted by Crippen LogP contribution is 2.48. The number of allylic oxidation sites excluding steroid dienone is 2. The molecule has 0 aromatic heterocycles. The number of methoxy groups -OCH3 is 1. The molecule has 0 bridgehead atoms. The average molecular weight is 302 g/mol. The van der Waals surface area contributed by atoms with E-state index < -0.39 is 0 Å². The van der Waals surface area contributed by atoms with Gasteiger partial charge in [-0.05, 0) is 50.0 Å². The van der Waals surface area contributed by atoms with Crippen molar-refractivity contribution in [3.8, 4) is 5.75 Å². The molecule has 0 radical (unpaired) electrons. The summed E-state index contributed by atoms with van der Waals surface area (Å²) in [6.45, 7) is 2.82. The predicted molar refractivity (Wildman–Crippen MR) is 87.5 cm³/mol. The summed E-state index contributed by atoms with van der Waals surface area (Å²) in [5.74, 6) is 2.64. The lowest BCUT2D eigenvalue weighted by Crippen LogP contribution is -2.11. The lowest BCUT2D eigenvalue weighted by atomic mass is 9.86. The third-order valence-corrected chi connectivity index (χ3v) is 5.30. The Morgan fingerprint density at radius 1 is 1.24 bits per heavy atom. The Balaban J connectivity index is 1.88. The van der Waals surface area contributed by atoms with Crippen LogP contribution in [0.2, 0.25) is 0 Å². The van der Waals surface area contributed by atoms with E-state index in [1.54, 1.807) is 12.7 Å². The van der Waals surface area contributed by atoms with Crippen LogP contribution in [0.5, 0.6) is 5.75 Å². The summed E-state index contributed by atoms with van der Waals surface area (Å²) < 4.78 is 11.3. The van der Waals surface area contributed by atoms with Crippen LogP contribution in [0.1, 0.15) is 32.6 Å². The quantitative estimate of drug-likeness (QED) is 0.748. The van der Waals surface area contributed by atoms with Crippen molar-refractivity contribution in [3.05, 3.63) is 46.6 Å². The van der Waals surface area contributed by atoms with Crippen LogP contribution in [0.15, 0.2) is 51.5 Å². The topological polar surface area (TPSA) is 18.5 Å². The number of hydrogen-bond acceptors (Lipinski definition) is 3. The third kappa shape index (κ3) is 2.98. The normalized spacial score (nSPS) is 21.0. The Labute approximate surface area is 131 Å². The van der Waals surface area contributed by atoms with Crippen molar-refractivity contribution < 1.29 is 9.47 Å². The van der Waals surface area contributed by atoms with E-state index in [1.807, 2.05) is 23.9 Å². The molecule has 3 heteroatoms. The van der Waals surface area contributed by atoms with Gasteiger partial charge in [0.15, 0.2) is 0 Å². The second-order valence-electron chi connectivity index (χ2n) is 5.42. The van der Waals surface area contributed by atoms with Gasteiger partial charge >= 0.3 is 0 Å².